The summed E-state index contributed by atoms with van der Waals surface area (Å²) < 4.78 is 5.39. The van der Waals surface area contributed by atoms with Crippen LogP contribution >= 0.6 is 0 Å². The predicted molar refractivity (Wildman–Crippen MR) is 88.3 cm³/mol. The second-order valence-corrected chi connectivity index (χ2v) is 4.74. The summed E-state index contributed by atoms with van der Waals surface area (Å²) in [4.78, 5) is 37.9. The molecule has 1 amide bonds. The zero-order valence-electron chi connectivity index (χ0n) is 13.1. The van der Waals surface area contributed by atoms with Gasteiger partial charge in [0, 0.05) is 24.2 Å². The van der Waals surface area contributed by atoms with Crippen molar-refractivity contribution < 1.29 is 14.5 Å². The van der Waals surface area contributed by atoms with Gasteiger partial charge < -0.3 is 4.74 Å². The van der Waals surface area contributed by atoms with E-state index in [4.69, 9.17) is 4.74 Å². The molecule has 0 fully saturated rings. The van der Waals surface area contributed by atoms with Gasteiger partial charge >= 0.3 is 11.6 Å². The molecule has 3 heterocycles. The lowest BCUT2D eigenvalue weighted by Gasteiger charge is -2.10. The normalized spacial score (nSPS) is 10.0. The predicted octanol–water partition coefficient (Wildman–Crippen LogP) is 1.72. The average molecular weight is 353 g/mol. The molecule has 130 valence electrons. The van der Waals surface area contributed by atoms with Crippen LogP contribution in [0.3, 0.4) is 0 Å². The maximum Gasteiger partial charge on any atom is 0.374 e. The van der Waals surface area contributed by atoms with Crippen molar-refractivity contribution >= 4 is 17.4 Å². The zero-order valence-corrected chi connectivity index (χ0v) is 13.1. The lowest BCUT2D eigenvalue weighted by atomic mass is 10.3. The number of carbonyl (C=O) groups is 1. The van der Waals surface area contributed by atoms with E-state index >= 15 is 0 Å². The molecule has 0 saturated heterocycles. The van der Waals surface area contributed by atoms with Crippen molar-refractivity contribution in [3.8, 4) is 11.6 Å². The maximum atomic E-state index is 12.0. The van der Waals surface area contributed by atoms with E-state index in [-0.39, 0.29) is 17.4 Å². The Morgan fingerprint density at radius 3 is 2.62 bits per heavy atom. The number of amides is 1. The molecule has 0 bridgehead atoms. The number of nitrogens with one attached hydrogen (secondary N) is 2. The number of hydrogen-bond donors (Lipinski definition) is 2. The van der Waals surface area contributed by atoms with Crippen molar-refractivity contribution in [3.05, 3.63) is 71.1 Å². The van der Waals surface area contributed by atoms with Crippen molar-refractivity contribution in [1.29, 1.82) is 0 Å². The van der Waals surface area contributed by atoms with Gasteiger partial charge in [0.1, 0.15) is 12.1 Å². The van der Waals surface area contributed by atoms with Crippen molar-refractivity contribution in [3.63, 3.8) is 0 Å². The summed E-state index contributed by atoms with van der Waals surface area (Å²) in [5.74, 6) is -0.777. The largest absolute Gasteiger partial charge is 0.432 e. The van der Waals surface area contributed by atoms with Gasteiger partial charge in [-0.1, -0.05) is 0 Å². The van der Waals surface area contributed by atoms with Gasteiger partial charge in [-0.15, -0.1) is 0 Å². The first-order valence-corrected chi connectivity index (χ1v) is 7.19. The molecule has 11 heteroatoms. The van der Waals surface area contributed by atoms with Crippen LogP contribution in [-0.2, 0) is 0 Å². The zero-order chi connectivity index (χ0) is 18.4. The first-order valence-electron chi connectivity index (χ1n) is 7.19. The van der Waals surface area contributed by atoms with Crippen molar-refractivity contribution in [2.24, 2.45) is 0 Å². The van der Waals surface area contributed by atoms with E-state index in [2.05, 4.69) is 30.8 Å². The van der Waals surface area contributed by atoms with Gasteiger partial charge in [-0.05, 0) is 24.3 Å². The number of hydrazine groups is 1. The van der Waals surface area contributed by atoms with E-state index in [0.717, 1.165) is 6.33 Å². The Bertz CT molecular complexity index is 922. The molecule has 3 aromatic rings. The molecule has 0 aromatic carbocycles. The minimum atomic E-state index is -0.716. The van der Waals surface area contributed by atoms with Gasteiger partial charge in [0.2, 0.25) is 5.82 Å². The number of nitro groups is 1. The van der Waals surface area contributed by atoms with Crippen molar-refractivity contribution in [2.45, 2.75) is 0 Å². The van der Waals surface area contributed by atoms with Gasteiger partial charge in [-0.25, -0.2) is 4.98 Å². The van der Waals surface area contributed by atoms with Crippen LogP contribution in [0.2, 0.25) is 0 Å². The molecular weight excluding hydrogens is 342 g/mol. The molecule has 0 unspecified atom stereocenters. The molecule has 0 spiro atoms. The van der Waals surface area contributed by atoms with Crippen LogP contribution in [0.4, 0.5) is 11.5 Å². The first-order chi connectivity index (χ1) is 12.6. The fourth-order valence-electron chi connectivity index (χ4n) is 1.90. The monoisotopic (exact) mass is 353 g/mol. The fraction of sp³-hybridized carbons (Fsp3) is 0. The SMILES string of the molecule is O=C(NNc1ncnc(Oc2cccnc2)c1[N+](=O)[O-])c1ccncc1. The number of pyridine rings is 2. The van der Waals surface area contributed by atoms with Crippen LogP contribution in [-0.4, -0.2) is 30.8 Å². The summed E-state index contributed by atoms with van der Waals surface area (Å²) in [5.41, 5.74) is 4.51. The number of aromatic nitrogens is 4. The highest BCUT2D eigenvalue weighted by atomic mass is 16.6. The Labute approximate surface area is 146 Å². The minimum Gasteiger partial charge on any atom is -0.432 e. The molecule has 0 aliphatic carbocycles. The lowest BCUT2D eigenvalue weighted by Crippen LogP contribution is -2.30. The van der Waals surface area contributed by atoms with Gasteiger partial charge in [0.15, 0.2) is 0 Å². The van der Waals surface area contributed by atoms with E-state index in [1.165, 1.54) is 36.9 Å². The van der Waals surface area contributed by atoms with Gasteiger partial charge in [-0.3, -0.25) is 35.7 Å². The van der Waals surface area contributed by atoms with E-state index in [0.29, 0.717) is 5.56 Å². The second kappa shape index (κ2) is 7.61. The summed E-state index contributed by atoms with van der Waals surface area (Å²) in [6, 6.07) is 6.15. The summed E-state index contributed by atoms with van der Waals surface area (Å²) in [7, 11) is 0. The summed E-state index contributed by atoms with van der Waals surface area (Å²) in [6.45, 7) is 0. The maximum absolute atomic E-state index is 12.0. The molecule has 11 nitrogen and oxygen atoms in total. The highest BCUT2D eigenvalue weighted by molar-refractivity contribution is 5.94. The fourth-order valence-corrected chi connectivity index (χ4v) is 1.90. The van der Waals surface area contributed by atoms with Crippen molar-refractivity contribution in [1.82, 2.24) is 25.4 Å². The van der Waals surface area contributed by atoms with Gasteiger partial charge in [0.05, 0.1) is 11.1 Å². The van der Waals surface area contributed by atoms with Gasteiger partial charge in [0.25, 0.3) is 5.91 Å². The quantitative estimate of drug-likeness (QED) is 0.499. The Hall–Kier alpha value is -4.15. The molecule has 0 atom stereocenters. The van der Waals surface area contributed by atoms with Crippen LogP contribution < -0.4 is 15.6 Å². The standard InChI is InChI=1S/C15H11N7O4/c23-14(10-3-6-16-7-4-10)21-20-13-12(22(24)25)15(19-9-18-13)26-11-2-1-5-17-8-11/h1-9H,(H,21,23)(H,18,19,20). The third-order valence-corrected chi connectivity index (χ3v) is 3.06. The third kappa shape index (κ3) is 3.84. The molecule has 3 rings (SSSR count). The number of nitrogens with zero attached hydrogens (tertiary/aromatic N) is 5. The van der Waals surface area contributed by atoms with Gasteiger partial charge in [-0.2, -0.15) is 4.98 Å². The summed E-state index contributed by atoms with van der Waals surface area (Å²) >= 11 is 0. The first kappa shape index (κ1) is 16.7. The third-order valence-electron chi connectivity index (χ3n) is 3.06. The van der Waals surface area contributed by atoms with E-state index in [1.54, 1.807) is 12.1 Å². The second-order valence-electron chi connectivity index (χ2n) is 4.74. The highest BCUT2D eigenvalue weighted by Gasteiger charge is 2.25. The molecular formula is C15H11N7O4. The number of hydrogen-bond acceptors (Lipinski definition) is 9. The smallest absolute Gasteiger partial charge is 0.374 e. The molecule has 26 heavy (non-hydrogen) atoms. The van der Waals surface area contributed by atoms with Crippen LogP contribution in [0.1, 0.15) is 10.4 Å². The Morgan fingerprint density at radius 2 is 1.92 bits per heavy atom. The van der Waals surface area contributed by atoms with Crippen molar-refractivity contribution in [2.75, 3.05) is 5.43 Å². The van der Waals surface area contributed by atoms with E-state index in [1.807, 2.05) is 0 Å². The molecule has 0 radical (unpaired) electrons. The molecule has 2 N–H and O–H groups in total. The van der Waals surface area contributed by atoms with Crippen LogP contribution in [0.25, 0.3) is 0 Å². The van der Waals surface area contributed by atoms with Crippen LogP contribution in [0, 0.1) is 10.1 Å². The topological polar surface area (TPSA) is 145 Å². The average Bonchev–Trinajstić information content (AvgIpc) is 2.67. The summed E-state index contributed by atoms with van der Waals surface area (Å²) in [6.07, 6.45) is 6.87. The number of ether oxygens (including phenoxy) is 1. The molecule has 0 aliphatic heterocycles. The number of carbonyl (C=O) groups excluding carboxylic acids is 1. The van der Waals surface area contributed by atoms with Crippen LogP contribution in [0.15, 0.2) is 55.4 Å². The molecule has 3 aromatic heterocycles. The minimum absolute atomic E-state index is 0.230. The Kier molecular flexibility index (Phi) is 4.89. The van der Waals surface area contributed by atoms with E-state index in [9.17, 15) is 14.9 Å². The lowest BCUT2D eigenvalue weighted by molar-refractivity contribution is -0.385. The molecule has 0 aliphatic rings. The highest BCUT2D eigenvalue weighted by Crippen LogP contribution is 2.33. The summed E-state index contributed by atoms with van der Waals surface area (Å²) in [5, 5.41) is 11.4. The number of rotatable bonds is 6. The Morgan fingerprint density at radius 1 is 1.12 bits per heavy atom. The number of anilines is 1. The Balaban J connectivity index is 1.82. The van der Waals surface area contributed by atoms with E-state index < -0.39 is 16.5 Å². The molecule has 0 saturated carbocycles. The van der Waals surface area contributed by atoms with Crippen LogP contribution in [0.5, 0.6) is 11.6 Å².